The van der Waals surface area contributed by atoms with Gasteiger partial charge in [0.25, 0.3) is 0 Å². The Balaban J connectivity index is 1.83. The molecule has 3 N–H and O–H groups in total. The van der Waals surface area contributed by atoms with Gasteiger partial charge in [-0.1, -0.05) is 60.7 Å². The first-order chi connectivity index (χ1) is 9.25. The summed E-state index contributed by atoms with van der Waals surface area (Å²) < 4.78 is 0. The first kappa shape index (κ1) is 13.3. The lowest BCUT2D eigenvalue weighted by Crippen LogP contribution is -2.41. The summed E-state index contributed by atoms with van der Waals surface area (Å²) in [5.74, 6) is -0.173. The molecule has 0 aliphatic rings. The van der Waals surface area contributed by atoms with Crippen LogP contribution in [0.1, 0.15) is 11.1 Å². The fourth-order valence-electron chi connectivity index (χ4n) is 1.77. The van der Waals surface area contributed by atoms with E-state index in [9.17, 15) is 4.79 Å². The van der Waals surface area contributed by atoms with Crippen LogP contribution in [0.4, 0.5) is 0 Å². The van der Waals surface area contributed by atoms with Gasteiger partial charge in [0, 0.05) is 0 Å². The zero-order valence-electron chi connectivity index (χ0n) is 10.6. The minimum absolute atomic E-state index is 0.173. The molecule has 0 heterocycles. The van der Waals surface area contributed by atoms with Crippen molar-refractivity contribution >= 4 is 5.91 Å². The second kappa shape index (κ2) is 6.71. The SMILES string of the molecule is N[C@@H](Cc1ccccc1)C(=O)N[CH]c1ccccc1. The number of carbonyl (C=O) groups is 1. The largest absolute Gasteiger partial charge is 0.345 e. The molecule has 1 atom stereocenters. The Bertz CT molecular complexity index is 511. The van der Waals surface area contributed by atoms with E-state index < -0.39 is 6.04 Å². The standard InChI is InChI=1S/C16H17N2O/c17-15(11-13-7-3-1-4-8-13)16(19)18-12-14-9-5-2-6-10-14/h1-10,12,15H,11,17H2,(H,18,19)/t15-/m0/s1. The average molecular weight is 253 g/mol. The molecule has 2 rings (SSSR count). The molecular formula is C16H17N2O. The predicted octanol–water partition coefficient (Wildman–Crippen LogP) is 1.88. The van der Waals surface area contributed by atoms with Crippen molar-refractivity contribution in [2.45, 2.75) is 12.5 Å². The topological polar surface area (TPSA) is 55.1 Å². The summed E-state index contributed by atoms with van der Waals surface area (Å²) in [6.07, 6.45) is 0.537. The summed E-state index contributed by atoms with van der Waals surface area (Å²) >= 11 is 0. The van der Waals surface area contributed by atoms with E-state index in [-0.39, 0.29) is 5.91 Å². The van der Waals surface area contributed by atoms with E-state index in [1.807, 2.05) is 60.7 Å². The van der Waals surface area contributed by atoms with E-state index >= 15 is 0 Å². The molecule has 0 saturated carbocycles. The molecule has 0 fully saturated rings. The number of rotatable bonds is 5. The summed E-state index contributed by atoms with van der Waals surface area (Å²) in [4.78, 5) is 11.9. The van der Waals surface area contributed by atoms with E-state index in [4.69, 9.17) is 5.73 Å². The number of nitrogens with two attached hydrogens (primary N) is 1. The van der Waals surface area contributed by atoms with E-state index in [1.54, 1.807) is 6.54 Å². The first-order valence-corrected chi connectivity index (χ1v) is 6.24. The van der Waals surface area contributed by atoms with Crippen LogP contribution in [0.2, 0.25) is 0 Å². The normalized spacial score (nSPS) is 11.8. The molecule has 1 amide bonds. The van der Waals surface area contributed by atoms with E-state index in [0.717, 1.165) is 11.1 Å². The lowest BCUT2D eigenvalue weighted by molar-refractivity contribution is -0.121. The Morgan fingerprint density at radius 3 is 2.26 bits per heavy atom. The highest BCUT2D eigenvalue weighted by molar-refractivity contribution is 5.82. The molecule has 3 nitrogen and oxygen atoms in total. The van der Waals surface area contributed by atoms with Crippen molar-refractivity contribution in [3.8, 4) is 0 Å². The number of carbonyl (C=O) groups excluding carboxylic acids is 1. The van der Waals surface area contributed by atoms with Crippen molar-refractivity contribution in [2.24, 2.45) is 5.73 Å². The monoisotopic (exact) mass is 253 g/mol. The van der Waals surface area contributed by atoms with Crippen molar-refractivity contribution in [3.05, 3.63) is 78.3 Å². The highest BCUT2D eigenvalue weighted by atomic mass is 16.2. The van der Waals surface area contributed by atoms with Gasteiger partial charge in [-0.25, -0.2) is 0 Å². The summed E-state index contributed by atoms with van der Waals surface area (Å²) in [7, 11) is 0. The molecule has 1 radical (unpaired) electrons. The van der Waals surface area contributed by atoms with Gasteiger partial charge in [0.15, 0.2) is 0 Å². The third kappa shape index (κ3) is 4.23. The molecule has 0 spiro atoms. The first-order valence-electron chi connectivity index (χ1n) is 6.24. The van der Waals surface area contributed by atoms with Gasteiger partial charge in [-0.15, -0.1) is 0 Å². The maximum Gasteiger partial charge on any atom is 0.237 e. The van der Waals surface area contributed by atoms with E-state index in [0.29, 0.717) is 6.42 Å². The van der Waals surface area contributed by atoms with Crippen LogP contribution in [0.15, 0.2) is 60.7 Å². The minimum atomic E-state index is -0.539. The number of hydrogen-bond acceptors (Lipinski definition) is 2. The molecule has 3 heteroatoms. The van der Waals surface area contributed by atoms with Crippen LogP contribution in [0, 0.1) is 6.54 Å². The predicted molar refractivity (Wildman–Crippen MR) is 76.1 cm³/mol. The molecule has 2 aromatic carbocycles. The summed E-state index contributed by atoms with van der Waals surface area (Å²) in [5, 5.41) is 2.73. The lowest BCUT2D eigenvalue weighted by atomic mass is 10.1. The van der Waals surface area contributed by atoms with Crippen LogP contribution in [-0.2, 0) is 11.2 Å². The summed E-state index contributed by atoms with van der Waals surface area (Å²) in [6, 6.07) is 18.8. The summed E-state index contributed by atoms with van der Waals surface area (Å²) in [6.45, 7) is 1.67. The highest BCUT2D eigenvalue weighted by Crippen LogP contribution is 2.03. The molecular weight excluding hydrogens is 236 g/mol. The Morgan fingerprint density at radius 1 is 1.05 bits per heavy atom. The van der Waals surface area contributed by atoms with Crippen LogP contribution in [0.5, 0.6) is 0 Å². The molecule has 97 valence electrons. The fourth-order valence-corrected chi connectivity index (χ4v) is 1.77. The van der Waals surface area contributed by atoms with Crippen molar-refractivity contribution in [2.75, 3.05) is 0 Å². The van der Waals surface area contributed by atoms with Gasteiger partial charge < -0.3 is 11.1 Å². The van der Waals surface area contributed by atoms with Gasteiger partial charge >= 0.3 is 0 Å². The third-order valence-corrected chi connectivity index (χ3v) is 2.82. The lowest BCUT2D eigenvalue weighted by Gasteiger charge is -2.12. The quantitative estimate of drug-likeness (QED) is 0.855. The van der Waals surface area contributed by atoms with Gasteiger partial charge in [0.2, 0.25) is 5.91 Å². The zero-order valence-corrected chi connectivity index (χ0v) is 10.6. The van der Waals surface area contributed by atoms with Crippen LogP contribution in [0.3, 0.4) is 0 Å². The van der Waals surface area contributed by atoms with E-state index in [2.05, 4.69) is 5.32 Å². The Labute approximate surface area is 113 Å². The molecule has 0 aromatic heterocycles. The average Bonchev–Trinajstić information content (AvgIpc) is 2.47. The Kier molecular flexibility index (Phi) is 4.70. The zero-order chi connectivity index (χ0) is 13.5. The molecule has 2 aromatic rings. The van der Waals surface area contributed by atoms with Crippen LogP contribution in [0.25, 0.3) is 0 Å². The molecule has 0 aliphatic heterocycles. The number of amides is 1. The second-order valence-corrected chi connectivity index (χ2v) is 4.36. The van der Waals surface area contributed by atoms with Gasteiger partial charge in [0.1, 0.15) is 0 Å². The smallest absolute Gasteiger partial charge is 0.237 e. The Hall–Kier alpha value is -2.13. The van der Waals surface area contributed by atoms with Gasteiger partial charge in [0.05, 0.1) is 12.6 Å². The molecule has 0 unspecified atom stereocenters. The highest BCUT2D eigenvalue weighted by Gasteiger charge is 2.13. The van der Waals surface area contributed by atoms with Crippen LogP contribution in [-0.4, -0.2) is 11.9 Å². The van der Waals surface area contributed by atoms with Gasteiger partial charge in [-0.2, -0.15) is 0 Å². The summed E-state index contributed by atoms with van der Waals surface area (Å²) in [5.41, 5.74) is 7.89. The maximum absolute atomic E-state index is 11.9. The van der Waals surface area contributed by atoms with Gasteiger partial charge in [-0.3, -0.25) is 4.79 Å². The van der Waals surface area contributed by atoms with E-state index in [1.165, 1.54) is 0 Å². The van der Waals surface area contributed by atoms with Gasteiger partial charge in [-0.05, 0) is 17.5 Å². The third-order valence-electron chi connectivity index (χ3n) is 2.82. The fraction of sp³-hybridized carbons (Fsp3) is 0.125. The molecule has 0 saturated heterocycles. The maximum atomic E-state index is 11.9. The van der Waals surface area contributed by atoms with Crippen molar-refractivity contribution < 1.29 is 4.79 Å². The number of hydrogen-bond donors (Lipinski definition) is 2. The Morgan fingerprint density at radius 2 is 1.63 bits per heavy atom. The number of nitrogens with one attached hydrogen (secondary N) is 1. The van der Waals surface area contributed by atoms with Crippen LogP contribution >= 0.6 is 0 Å². The number of benzene rings is 2. The second-order valence-electron chi connectivity index (χ2n) is 4.36. The van der Waals surface area contributed by atoms with Crippen LogP contribution < -0.4 is 11.1 Å². The van der Waals surface area contributed by atoms with Crippen molar-refractivity contribution in [3.63, 3.8) is 0 Å². The molecule has 0 aliphatic carbocycles. The van der Waals surface area contributed by atoms with Crippen molar-refractivity contribution in [1.29, 1.82) is 0 Å². The van der Waals surface area contributed by atoms with Crippen molar-refractivity contribution in [1.82, 2.24) is 5.32 Å². The molecule has 0 bridgehead atoms. The molecule has 19 heavy (non-hydrogen) atoms. The minimum Gasteiger partial charge on any atom is -0.345 e.